The van der Waals surface area contributed by atoms with E-state index in [2.05, 4.69) is 26.1 Å². The van der Waals surface area contributed by atoms with Crippen LogP contribution >= 0.6 is 35.3 Å². The second-order valence-corrected chi connectivity index (χ2v) is 9.30. The molecule has 1 amide bonds. The van der Waals surface area contributed by atoms with Gasteiger partial charge in [-0.2, -0.15) is 0 Å². The second-order valence-electron chi connectivity index (χ2n) is 6.44. The first-order valence-corrected chi connectivity index (χ1v) is 11.7. The maximum absolute atomic E-state index is 12.6. The number of rotatable bonds is 8. The summed E-state index contributed by atoms with van der Waals surface area (Å²) in [5.41, 5.74) is 1.61. The molecule has 10 heteroatoms. The number of carbonyl (C=O) groups is 1. The number of hydrogen-bond acceptors (Lipinski definition) is 7. The SMILES string of the molecule is CCC(Sc1cccc(NC(=S)Nc2ccccc2OC)c1)C(=O)Nc1nnc(C)s1. The number of carbonyl (C=O) groups excluding carboxylic acids is 1. The lowest BCUT2D eigenvalue weighted by Crippen LogP contribution is -2.24. The number of aryl methyl sites for hydroxylation is 1. The molecule has 0 saturated heterocycles. The number of thiocarbonyl (C=S) groups is 1. The largest absolute Gasteiger partial charge is 0.495 e. The highest BCUT2D eigenvalue weighted by atomic mass is 32.2. The van der Waals surface area contributed by atoms with E-state index >= 15 is 0 Å². The topological polar surface area (TPSA) is 88.2 Å². The van der Waals surface area contributed by atoms with E-state index in [1.165, 1.54) is 23.1 Å². The smallest absolute Gasteiger partial charge is 0.239 e. The molecule has 0 saturated carbocycles. The van der Waals surface area contributed by atoms with Crippen molar-refractivity contribution in [2.45, 2.75) is 30.4 Å². The molecule has 1 heterocycles. The van der Waals surface area contributed by atoms with E-state index in [0.29, 0.717) is 22.4 Å². The molecule has 1 aromatic heterocycles. The van der Waals surface area contributed by atoms with Gasteiger partial charge in [-0.1, -0.05) is 36.5 Å². The first-order valence-electron chi connectivity index (χ1n) is 9.57. The number of thioether (sulfide) groups is 1. The molecule has 3 rings (SSSR count). The van der Waals surface area contributed by atoms with E-state index in [1.54, 1.807) is 7.11 Å². The number of nitrogens with zero attached hydrogens (tertiary/aromatic N) is 2. The third kappa shape index (κ3) is 6.65. The fourth-order valence-electron chi connectivity index (χ4n) is 2.70. The van der Waals surface area contributed by atoms with Crippen molar-refractivity contribution in [1.29, 1.82) is 0 Å². The van der Waals surface area contributed by atoms with Gasteiger partial charge in [0, 0.05) is 10.6 Å². The number of benzene rings is 2. The molecule has 31 heavy (non-hydrogen) atoms. The molecule has 0 aliphatic carbocycles. The molecule has 0 fully saturated rings. The van der Waals surface area contributed by atoms with Gasteiger partial charge in [0.15, 0.2) is 5.11 Å². The van der Waals surface area contributed by atoms with Gasteiger partial charge in [-0.15, -0.1) is 22.0 Å². The minimum Gasteiger partial charge on any atom is -0.495 e. The van der Waals surface area contributed by atoms with Crippen LogP contribution < -0.4 is 20.7 Å². The Morgan fingerprint density at radius 2 is 1.97 bits per heavy atom. The van der Waals surface area contributed by atoms with Gasteiger partial charge in [-0.3, -0.25) is 10.1 Å². The molecule has 162 valence electrons. The molecule has 0 aliphatic rings. The van der Waals surface area contributed by atoms with E-state index < -0.39 is 0 Å². The van der Waals surface area contributed by atoms with E-state index in [4.69, 9.17) is 17.0 Å². The Bertz CT molecular complexity index is 1060. The number of para-hydroxylation sites is 2. The van der Waals surface area contributed by atoms with Crippen LogP contribution in [-0.4, -0.2) is 33.6 Å². The molecule has 0 aliphatic heterocycles. The predicted octanol–water partition coefficient (Wildman–Crippen LogP) is 5.17. The third-order valence-corrected chi connectivity index (χ3v) is 6.46. The minimum atomic E-state index is -0.252. The normalized spacial score (nSPS) is 11.5. The van der Waals surface area contributed by atoms with Crippen molar-refractivity contribution in [1.82, 2.24) is 10.2 Å². The van der Waals surface area contributed by atoms with Crippen LogP contribution in [0.15, 0.2) is 53.4 Å². The monoisotopic (exact) mass is 473 g/mol. The van der Waals surface area contributed by atoms with Crippen LogP contribution in [0, 0.1) is 6.92 Å². The third-order valence-electron chi connectivity index (χ3n) is 4.14. The van der Waals surface area contributed by atoms with Crippen LogP contribution in [0.25, 0.3) is 0 Å². The summed E-state index contributed by atoms with van der Waals surface area (Å²) in [5.74, 6) is 0.619. The summed E-state index contributed by atoms with van der Waals surface area (Å²) in [4.78, 5) is 13.6. The number of hydrogen-bond donors (Lipinski definition) is 3. The van der Waals surface area contributed by atoms with Gasteiger partial charge < -0.3 is 15.4 Å². The molecule has 0 spiro atoms. The molecule has 3 aromatic rings. The maximum Gasteiger partial charge on any atom is 0.239 e. The summed E-state index contributed by atoms with van der Waals surface area (Å²) in [6.45, 7) is 3.84. The summed E-state index contributed by atoms with van der Waals surface area (Å²) in [6, 6.07) is 15.3. The summed E-state index contributed by atoms with van der Waals surface area (Å²) in [7, 11) is 1.62. The lowest BCUT2D eigenvalue weighted by molar-refractivity contribution is -0.115. The zero-order chi connectivity index (χ0) is 22.2. The Morgan fingerprint density at radius 3 is 2.68 bits per heavy atom. The Hall–Kier alpha value is -2.69. The summed E-state index contributed by atoms with van der Waals surface area (Å²) >= 11 is 8.29. The molecule has 1 atom stereocenters. The van der Waals surface area contributed by atoms with Crippen molar-refractivity contribution < 1.29 is 9.53 Å². The van der Waals surface area contributed by atoms with Crippen LogP contribution in [0.3, 0.4) is 0 Å². The Morgan fingerprint density at radius 1 is 1.16 bits per heavy atom. The van der Waals surface area contributed by atoms with Crippen LogP contribution in [-0.2, 0) is 4.79 Å². The average Bonchev–Trinajstić information content (AvgIpc) is 3.17. The van der Waals surface area contributed by atoms with Crippen molar-refractivity contribution in [2.24, 2.45) is 0 Å². The van der Waals surface area contributed by atoms with E-state index in [-0.39, 0.29) is 11.2 Å². The van der Waals surface area contributed by atoms with Gasteiger partial charge >= 0.3 is 0 Å². The molecular weight excluding hydrogens is 450 g/mol. The summed E-state index contributed by atoms with van der Waals surface area (Å²) < 4.78 is 5.34. The highest BCUT2D eigenvalue weighted by molar-refractivity contribution is 8.00. The lowest BCUT2D eigenvalue weighted by atomic mass is 10.3. The fourth-order valence-corrected chi connectivity index (χ4v) is 4.54. The standard InChI is InChI=1S/C21H23N5O2S3/c1-4-18(19(27)24-21-26-25-13(2)30-21)31-15-9-7-8-14(12-15)22-20(29)23-16-10-5-6-11-17(16)28-3/h5-12,18H,4H2,1-3H3,(H2,22,23,29)(H,24,26,27). The molecule has 0 radical (unpaired) electrons. The van der Waals surface area contributed by atoms with Gasteiger partial charge in [0.05, 0.1) is 18.0 Å². The van der Waals surface area contributed by atoms with Gasteiger partial charge in [0.25, 0.3) is 0 Å². The summed E-state index contributed by atoms with van der Waals surface area (Å²) in [5, 5.41) is 18.6. The zero-order valence-electron chi connectivity index (χ0n) is 17.3. The highest BCUT2D eigenvalue weighted by Crippen LogP contribution is 2.29. The quantitative estimate of drug-likeness (QED) is 0.305. The Labute approximate surface area is 195 Å². The predicted molar refractivity (Wildman–Crippen MR) is 132 cm³/mol. The molecule has 3 N–H and O–H groups in total. The van der Waals surface area contributed by atoms with Crippen LogP contribution in [0.4, 0.5) is 16.5 Å². The highest BCUT2D eigenvalue weighted by Gasteiger charge is 2.19. The molecular formula is C21H23N5O2S3. The van der Waals surface area contributed by atoms with E-state index in [9.17, 15) is 4.79 Å². The van der Waals surface area contributed by atoms with Crippen molar-refractivity contribution >= 4 is 62.8 Å². The van der Waals surface area contributed by atoms with Gasteiger partial charge in [0.2, 0.25) is 11.0 Å². The fraction of sp³-hybridized carbons (Fsp3) is 0.238. The molecule has 0 bridgehead atoms. The van der Waals surface area contributed by atoms with Crippen molar-refractivity contribution in [2.75, 3.05) is 23.1 Å². The van der Waals surface area contributed by atoms with Crippen molar-refractivity contribution in [3.05, 3.63) is 53.5 Å². The van der Waals surface area contributed by atoms with Crippen molar-refractivity contribution in [3.8, 4) is 5.75 Å². The van der Waals surface area contributed by atoms with E-state index in [0.717, 1.165) is 21.3 Å². The van der Waals surface area contributed by atoms with Crippen molar-refractivity contribution in [3.63, 3.8) is 0 Å². The average molecular weight is 474 g/mol. The first kappa shape index (κ1) is 23.0. The first-order chi connectivity index (χ1) is 15.0. The maximum atomic E-state index is 12.6. The van der Waals surface area contributed by atoms with Gasteiger partial charge in [-0.05, 0) is 55.9 Å². The van der Waals surface area contributed by atoms with Gasteiger partial charge in [0.1, 0.15) is 10.8 Å². The number of nitrogens with one attached hydrogen (secondary N) is 3. The number of ether oxygens (including phenoxy) is 1. The number of anilines is 3. The Balaban J connectivity index is 1.62. The van der Waals surface area contributed by atoms with Crippen LogP contribution in [0.1, 0.15) is 18.4 Å². The van der Waals surface area contributed by atoms with Crippen LogP contribution in [0.2, 0.25) is 0 Å². The summed E-state index contributed by atoms with van der Waals surface area (Å²) in [6.07, 6.45) is 0.680. The number of methoxy groups -OCH3 is 1. The number of aromatic nitrogens is 2. The molecule has 1 unspecified atom stereocenters. The van der Waals surface area contributed by atoms with E-state index in [1.807, 2.05) is 62.4 Å². The Kier molecular flexibility index (Phi) is 8.21. The number of amides is 1. The zero-order valence-corrected chi connectivity index (χ0v) is 19.8. The van der Waals surface area contributed by atoms with Crippen LogP contribution in [0.5, 0.6) is 5.75 Å². The molecule has 2 aromatic carbocycles. The molecule has 7 nitrogen and oxygen atoms in total. The van der Waals surface area contributed by atoms with Gasteiger partial charge in [-0.25, -0.2) is 0 Å². The second kappa shape index (κ2) is 11.1. The minimum absolute atomic E-state index is 0.0876. The lowest BCUT2D eigenvalue weighted by Gasteiger charge is -2.15.